The van der Waals surface area contributed by atoms with E-state index >= 15 is 0 Å². The van der Waals surface area contributed by atoms with E-state index in [9.17, 15) is 4.79 Å². The Balaban J connectivity index is 1.79. The summed E-state index contributed by atoms with van der Waals surface area (Å²) in [7, 11) is 0. The maximum atomic E-state index is 13.0. The van der Waals surface area contributed by atoms with Crippen LogP contribution in [0.15, 0.2) is 36.4 Å². The van der Waals surface area contributed by atoms with Crippen LogP contribution in [0.2, 0.25) is 0 Å². The van der Waals surface area contributed by atoms with Gasteiger partial charge in [0.05, 0.1) is 13.2 Å². The summed E-state index contributed by atoms with van der Waals surface area (Å²) in [6.07, 6.45) is 1.97. The van der Waals surface area contributed by atoms with Crippen LogP contribution in [0.5, 0.6) is 0 Å². The average molecular weight is 354 g/mol. The quantitative estimate of drug-likeness (QED) is 0.798. The van der Waals surface area contributed by atoms with Gasteiger partial charge in [0.15, 0.2) is 11.5 Å². The smallest absolute Gasteiger partial charge is 0.278 e. The molecule has 1 aliphatic rings. The number of nitrogens with zero attached hydrogens (tertiary/aromatic N) is 4. The molecule has 6 heteroatoms. The number of amides is 1. The molecule has 0 radical (unpaired) electrons. The Kier molecular flexibility index (Phi) is 6.17. The van der Waals surface area contributed by atoms with Crippen LogP contribution in [0.1, 0.15) is 35.8 Å². The summed E-state index contributed by atoms with van der Waals surface area (Å²) in [6.45, 7) is 7.81. The highest BCUT2D eigenvalue weighted by Gasteiger charge is 2.20. The highest BCUT2D eigenvalue weighted by atomic mass is 16.5. The van der Waals surface area contributed by atoms with Gasteiger partial charge in [-0.3, -0.25) is 4.79 Å². The van der Waals surface area contributed by atoms with E-state index in [2.05, 4.69) is 22.0 Å². The Labute approximate surface area is 154 Å². The van der Waals surface area contributed by atoms with Crippen LogP contribution in [-0.4, -0.2) is 49.0 Å². The van der Waals surface area contributed by atoms with E-state index in [0.717, 1.165) is 43.0 Å². The Morgan fingerprint density at radius 3 is 2.65 bits per heavy atom. The largest absolute Gasteiger partial charge is 0.378 e. The molecule has 0 N–H and O–H groups in total. The fourth-order valence-electron chi connectivity index (χ4n) is 3.00. The fraction of sp³-hybridized carbons (Fsp3) is 0.450. The number of hydrogen-bond acceptors (Lipinski definition) is 5. The molecule has 0 unspecified atom stereocenters. The van der Waals surface area contributed by atoms with Gasteiger partial charge in [-0.1, -0.05) is 25.5 Å². The Bertz CT molecular complexity index is 727. The van der Waals surface area contributed by atoms with Crippen molar-refractivity contribution in [3.8, 4) is 0 Å². The number of aryl methyl sites for hydroxylation is 1. The van der Waals surface area contributed by atoms with E-state index in [1.807, 2.05) is 37.3 Å². The molecule has 2 heterocycles. The van der Waals surface area contributed by atoms with E-state index in [0.29, 0.717) is 25.5 Å². The van der Waals surface area contributed by atoms with Crippen molar-refractivity contribution >= 4 is 17.4 Å². The van der Waals surface area contributed by atoms with Gasteiger partial charge in [0.1, 0.15) is 0 Å². The number of carbonyl (C=O) groups is 1. The molecular weight excluding hydrogens is 328 g/mol. The number of benzene rings is 1. The molecule has 1 amide bonds. The Hall–Kier alpha value is -2.47. The molecule has 26 heavy (non-hydrogen) atoms. The maximum Gasteiger partial charge on any atom is 0.278 e. The van der Waals surface area contributed by atoms with Crippen molar-refractivity contribution in [1.29, 1.82) is 0 Å². The molecule has 0 atom stereocenters. The molecule has 1 aliphatic heterocycles. The van der Waals surface area contributed by atoms with Gasteiger partial charge in [-0.25, -0.2) is 0 Å². The van der Waals surface area contributed by atoms with Crippen LogP contribution >= 0.6 is 0 Å². The standard InChI is InChI=1S/C20H26N4O2/c1-3-4-10-24(17-7-5-6-16(2)15-17)20(25)18-8-9-19(22-21-18)23-11-13-26-14-12-23/h5-9,15H,3-4,10-14H2,1-2H3. The molecule has 3 rings (SSSR count). The summed E-state index contributed by atoms with van der Waals surface area (Å²) in [5.41, 5.74) is 2.41. The van der Waals surface area contributed by atoms with Crippen LogP contribution < -0.4 is 9.80 Å². The monoisotopic (exact) mass is 354 g/mol. The van der Waals surface area contributed by atoms with Gasteiger partial charge in [-0.2, -0.15) is 0 Å². The molecule has 1 aromatic carbocycles. The van der Waals surface area contributed by atoms with Crippen molar-refractivity contribution < 1.29 is 9.53 Å². The van der Waals surface area contributed by atoms with Crippen molar-refractivity contribution in [3.05, 3.63) is 47.7 Å². The first-order chi connectivity index (χ1) is 12.7. The molecule has 2 aromatic rings. The molecule has 6 nitrogen and oxygen atoms in total. The third-order valence-electron chi connectivity index (χ3n) is 4.50. The summed E-state index contributed by atoms with van der Waals surface area (Å²) in [5, 5.41) is 8.48. The van der Waals surface area contributed by atoms with Crippen molar-refractivity contribution in [2.24, 2.45) is 0 Å². The summed E-state index contributed by atoms with van der Waals surface area (Å²) in [4.78, 5) is 17.0. The second-order valence-corrected chi connectivity index (χ2v) is 6.53. The van der Waals surface area contributed by atoms with Crippen molar-refractivity contribution in [2.75, 3.05) is 42.6 Å². The number of carbonyl (C=O) groups excluding carboxylic acids is 1. The first-order valence-corrected chi connectivity index (χ1v) is 9.24. The minimum Gasteiger partial charge on any atom is -0.378 e. The summed E-state index contributed by atoms with van der Waals surface area (Å²) in [5.74, 6) is 0.686. The number of hydrogen-bond donors (Lipinski definition) is 0. The summed E-state index contributed by atoms with van der Waals surface area (Å²) >= 11 is 0. The van der Waals surface area contributed by atoms with E-state index in [-0.39, 0.29) is 5.91 Å². The number of anilines is 2. The molecule has 0 saturated carbocycles. The SMILES string of the molecule is CCCCN(C(=O)c1ccc(N2CCOCC2)nn1)c1cccc(C)c1. The molecule has 0 aliphatic carbocycles. The normalized spacial score (nSPS) is 14.3. The number of ether oxygens (including phenoxy) is 1. The van der Waals surface area contributed by atoms with E-state index in [1.54, 1.807) is 11.0 Å². The Morgan fingerprint density at radius 1 is 1.19 bits per heavy atom. The lowest BCUT2D eigenvalue weighted by Crippen LogP contribution is -2.37. The van der Waals surface area contributed by atoms with Gasteiger partial charge in [0, 0.05) is 25.3 Å². The number of rotatable bonds is 6. The van der Waals surface area contributed by atoms with Gasteiger partial charge in [-0.15, -0.1) is 10.2 Å². The number of morpholine rings is 1. The van der Waals surface area contributed by atoms with Crippen molar-refractivity contribution in [3.63, 3.8) is 0 Å². The van der Waals surface area contributed by atoms with Crippen LogP contribution in [0.3, 0.4) is 0 Å². The number of aromatic nitrogens is 2. The highest BCUT2D eigenvalue weighted by molar-refractivity contribution is 6.04. The van der Waals surface area contributed by atoms with E-state index in [1.165, 1.54) is 0 Å². The molecular formula is C20H26N4O2. The van der Waals surface area contributed by atoms with Crippen LogP contribution in [0.4, 0.5) is 11.5 Å². The molecule has 0 bridgehead atoms. The van der Waals surface area contributed by atoms with E-state index in [4.69, 9.17) is 4.74 Å². The lowest BCUT2D eigenvalue weighted by atomic mass is 10.2. The second-order valence-electron chi connectivity index (χ2n) is 6.53. The topological polar surface area (TPSA) is 58.6 Å². The lowest BCUT2D eigenvalue weighted by Gasteiger charge is -2.27. The van der Waals surface area contributed by atoms with Gasteiger partial charge < -0.3 is 14.5 Å². The predicted molar refractivity (Wildman–Crippen MR) is 103 cm³/mol. The third-order valence-corrected chi connectivity index (χ3v) is 4.50. The molecule has 1 saturated heterocycles. The van der Waals surface area contributed by atoms with Gasteiger partial charge in [0.25, 0.3) is 5.91 Å². The minimum absolute atomic E-state index is 0.106. The molecule has 138 valence electrons. The van der Waals surface area contributed by atoms with Crippen LogP contribution in [0.25, 0.3) is 0 Å². The zero-order chi connectivity index (χ0) is 18.4. The molecule has 1 aromatic heterocycles. The average Bonchev–Trinajstić information content (AvgIpc) is 2.69. The van der Waals surface area contributed by atoms with Gasteiger partial charge in [-0.05, 0) is 43.2 Å². The molecule has 0 spiro atoms. The summed E-state index contributed by atoms with van der Waals surface area (Å²) < 4.78 is 5.36. The zero-order valence-corrected chi connectivity index (χ0v) is 15.5. The predicted octanol–water partition coefficient (Wildman–Crippen LogP) is 3.07. The first kappa shape index (κ1) is 18.3. The lowest BCUT2D eigenvalue weighted by molar-refractivity contribution is 0.0980. The fourth-order valence-corrected chi connectivity index (χ4v) is 3.00. The van der Waals surface area contributed by atoms with Gasteiger partial charge >= 0.3 is 0 Å². The molecule has 1 fully saturated rings. The van der Waals surface area contributed by atoms with Gasteiger partial charge in [0.2, 0.25) is 0 Å². The van der Waals surface area contributed by atoms with Crippen LogP contribution in [0, 0.1) is 6.92 Å². The highest BCUT2D eigenvalue weighted by Crippen LogP contribution is 2.20. The minimum atomic E-state index is -0.106. The van der Waals surface area contributed by atoms with Crippen molar-refractivity contribution in [1.82, 2.24) is 10.2 Å². The van der Waals surface area contributed by atoms with Crippen molar-refractivity contribution in [2.45, 2.75) is 26.7 Å². The maximum absolute atomic E-state index is 13.0. The first-order valence-electron chi connectivity index (χ1n) is 9.24. The summed E-state index contributed by atoms with van der Waals surface area (Å²) in [6, 6.07) is 11.7. The van der Waals surface area contributed by atoms with Crippen LogP contribution in [-0.2, 0) is 4.74 Å². The number of unbranched alkanes of at least 4 members (excludes halogenated alkanes) is 1. The van der Waals surface area contributed by atoms with E-state index < -0.39 is 0 Å². The third kappa shape index (κ3) is 4.38. The second kappa shape index (κ2) is 8.76. The Morgan fingerprint density at radius 2 is 2.00 bits per heavy atom. The zero-order valence-electron chi connectivity index (χ0n) is 15.5.